The molecule has 8 nitrogen and oxygen atoms in total. The van der Waals surface area contributed by atoms with E-state index in [4.69, 9.17) is 0 Å². The van der Waals surface area contributed by atoms with Crippen molar-refractivity contribution >= 4 is 32.1 Å². The maximum atomic E-state index is 10.0. The molecule has 0 aliphatic rings. The molecule has 0 aliphatic carbocycles. The molecule has 37 heavy (non-hydrogen) atoms. The van der Waals surface area contributed by atoms with Crippen molar-refractivity contribution in [2.24, 2.45) is 0 Å². The standard InChI is InChI=1S/4C6H15O2P.Mo/c4*1-2-3-4-5-6-9(7)8;/h4*9H,2-6H2,1H3,(H,7,8);/q;;;;+4/p-4. The Balaban J connectivity index is -0.000000122. The van der Waals surface area contributed by atoms with Gasteiger partial charge in [0.1, 0.15) is 0 Å². The van der Waals surface area contributed by atoms with Crippen molar-refractivity contribution in [2.45, 2.75) is 130 Å². The van der Waals surface area contributed by atoms with Crippen LogP contribution in [0.1, 0.15) is 130 Å². The van der Waals surface area contributed by atoms with E-state index in [2.05, 4.69) is 27.7 Å². The summed E-state index contributed by atoms with van der Waals surface area (Å²) in [5.74, 6) is 0. The molecule has 0 heterocycles. The van der Waals surface area contributed by atoms with Gasteiger partial charge in [0.15, 0.2) is 0 Å². The van der Waals surface area contributed by atoms with E-state index in [9.17, 15) is 37.8 Å². The van der Waals surface area contributed by atoms with Crippen LogP contribution in [0, 0.1) is 0 Å². The van der Waals surface area contributed by atoms with E-state index in [1.165, 1.54) is 25.7 Å². The van der Waals surface area contributed by atoms with Crippen molar-refractivity contribution in [3.05, 3.63) is 0 Å². The molecule has 0 aliphatic heterocycles. The quantitative estimate of drug-likeness (QED) is 0.0905. The first kappa shape index (κ1) is 48.2. The van der Waals surface area contributed by atoms with Crippen LogP contribution in [-0.2, 0) is 39.3 Å². The summed E-state index contributed by atoms with van der Waals surface area (Å²) in [5, 5.41) is 0. The zero-order valence-electron chi connectivity index (χ0n) is 23.8. The number of hydrogen-bond acceptors (Lipinski definition) is 8. The summed E-state index contributed by atoms with van der Waals surface area (Å²) in [7, 11) is -9.66. The normalized spacial score (nSPS) is 13.2. The van der Waals surface area contributed by atoms with Crippen molar-refractivity contribution < 1.29 is 58.9 Å². The molecule has 226 valence electrons. The van der Waals surface area contributed by atoms with E-state index in [0.29, 0.717) is 24.6 Å². The minimum atomic E-state index is -2.42. The largest absolute Gasteiger partial charge is 4.00 e. The fraction of sp³-hybridized carbons (Fsp3) is 1.00. The van der Waals surface area contributed by atoms with Crippen LogP contribution >= 0.6 is 32.1 Å². The fourth-order valence-corrected chi connectivity index (χ4v) is 4.94. The molecule has 0 saturated heterocycles. The smallest absolute Gasteiger partial charge is 0.802 e. The van der Waals surface area contributed by atoms with Crippen LogP contribution in [0.25, 0.3) is 0 Å². The summed E-state index contributed by atoms with van der Waals surface area (Å²) in [6.07, 6.45) is 18.6. The van der Waals surface area contributed by atoms with Crippen molar-refractivity contribution in [1.29, 1.82) is 0 Å². The summed E-state index contributed by atoms with van der Waals surface area (Å²) in [4.78, 5) is 40.1. The molecule has 0 bridgehead atoms. The molecule has 0 aromatic carbocycles. The van der Waals surface area contributed by atoms with E-state index in [1.54, 1.807) is 0 Å². The number of hydrogen-bond donors (Lipinski definition) is 0. The minimum absolute atomic E-state index is 0. The molecule has 0 spiro atoms. The third-order valence-corrected chi connectivity index (χ3v) is 7.99. The molecule has 4 unspecified atom stereocenters. The third kappa shape index (κ3) is 72.7. The average Bonchev–Trinajstić information content (AvgIpc) is 2.81. The Bertz CT molecular complexity index is 427. The summed E-state index contributed by atoms with van der Waals surface area (Å²) >= 11 is 0. The molecular weight excluding hydrogens is 636 g/mol. The second-order valence-electron chi connectivity index (χ2n) is 8.73. The molecule has 0 aromatic heterocycles. The SMILES string of the molecule is CCCCCC[PH](=O)[O-].CCCCCC[PH](=O)[O-].CCCCCC[PH](=O)[O-].CCCCCC[PH](=O)[O-].[Mo+4]. The third-order valence-electron chi connectivity index (χ3n) is 4.94. The number of rotatable bonds is 20. The van der Waals surface area contributed by atoms with E-state index < -0.39 is 32.1 Å². The van der Waals surface area contributed by atoms with Crippen LogP contribution in [0.3, 0.4) is 0 Å². The van der Waals surface area contributed by atoms with Gasteiger partial charge in [-0.3, -0.25) is 0 Å². The van der Waals surface area contributed by atoms with E-state index in [1.807, 2.05) is 0 Å². The second-order valence-corrected chi connectivity index (χ2v) is 13.7. The molecule has 0 saturated carbocycles. The van der Waals surface area contributed by atoms with Gasteiger partial charge in [-0.05, 0) is 50.3 Å². The first-order chi connectivity index (χ1) is 17.1. The van der Waals surface area contributed by atoms with Crippen molar-refractivity contribution in [3.63, 3.8) is 0 Å². The van der Waals surface area contributed by atoms with E-state index in [-0.39, 0.29) is 21.1 Å². The minimum Gasteiger partial charge on any atom is -0.802 e. The van der Waals surface area contributed by atoms with E-state index >= 15 is 0 Å². The maximum absolute atomic E-state index is 10.0. The van der Waals surface area contributed by atoms with Crippen LogP contribution in [0.5, 0.6) is 0 Å². The van der Waals surface area contributed by atoms with Gasteiger partial charge < -0.3 is 37.8 Å². The molecule has 0 rings (SSSR count). The summed E-state index contributed by atoms with van der Waals surface area (Å²) in [6.45, 7) is 8.45. The topological polar surface area (TPSA) is 161 Å². The van der Waals surface area contributed by atoms with Crippen molar-refractivity contribution in [1.82, 2.24) is 0 Å². The van der Waals surface area contributed by atoms with Gasteiger partial charge in [0.2, 0.25) is 0 Å². The monoisotopic (exact) mass is 694 g/mol. The molecule has 0 radical (unpaired) electrons. The molecule has 13 heteroatoms. The molecule has 0 amide bonds. The Labute approximate surface area is 245 Å². The predicted octanol–water partition coefficient (Wildman–Crippen LogP) is 5.60. The van der Waals surface area contributed by atoms with Crippen molar-refractivity contribution in [3.8, 4) is 0 Å². The zero-order valence-corrected chi connectivity index (χ0v) is 29.8. The van der Waals surface area contributed by atoms with Gasteiger partial charge >= 0.3 is 21.1 Å². The summed E-state index contributed by atoms with van der Waals surface area (Å²) in [6, 6.07) is 0. The molecule has 0 fully saturated rings. The maximum Gasteiger partial charge on any atom is 4.00 e. The fourth-order valence-electron chi connectivity index (χ4n) is 2.78. The summed E-state index contributed by atoms with van der Waals surface area (Å²) < 4.78 is 40.1. The Morgan fingerprint density at radius 3 is 0.622 bits per heavy atom. The van der Waals surface area contributed by atoms with Gasteiger partial charge in [-0.25, -0.2) is 0 Å². The van der Waals surface area contributed by atoms with Gasteiger partial charge in [-0.1, -0.05) is 105 Å². The Morgan fingerprint density at radius 1 is 0.351 bits per heavy atom. The Hall–Kier alpha value is 1.45. The summed E-state index contributed by atoms with van der Waals surface area (Å²) in [5.41, 5.74) is 0. The second kappa shape index (κ2) is 44.5. The average molecular weight is 693 g/mol. The van der Waals surface area contributed by atoms with Crippen LogP contribution in [-0.4, -0.2) is 24.6 Å². The van der Waals surface area contributed by atoms with Gasteiger partial charge in [-0.2, -0.15) is 0 Å². The van der Waals surface area contributed by atoms with Gasteiger partial charge in [0.05, 0.1) is 0 Å². The van der Waals surface area contributed by atoms with Gasteiger partial charge in [0, 0.05) is 32.1 Å². The van der Waals surface area contributed by atoms with Gasteiger partial charge in [0.25, 0.3) is 0 Å². The van der Waals surface area contributed by atoms with Crippen LogP contribution in [0.4, 0.5) is 0 Å². The zero-order chi connectivity index (χ0) is 28.5. The van der Waals surface area contributed by atoms with Gasteiger partial charge in [-0.15, -0.1) is 0 Å². The van der Waals surface area contributed by atoms with Crippen LogP contribution in [0.15, 0.2) is 0 Å². The van der Waals surface area contributed by atoms with Crippen molar-refractivity contribution in [2.75, 3.05) is 24.6 Å². The molecular formula is C24H56MoO8P4. The Kier molecular flexibility index (Phi) is 57.9. The predicted molar refractivity (Wildman–Crippen MR) is 152 cm³/mol. The first-order valence-electron chi connectivity index (χ1n) is 13.9. The Morgan fingerprint density at radius 2 is 0.514 bits per heavy atom. The molecule has 0 aromatic rings. The molecule has 0 N–H and O–H groups in total. The van der Waals surface area contributed by atoms with E-state index in [0.717, 1.165) is 77.0 Å². The first-order valence-corrected chi connectivity index (χ1v) is 20.0. The molecule has 4 atom stereocenters. The van der Waals surface area contributed by atoms with Crippen LogP contribution in [0.2, 0.25) is 0 Å². The van der Waals surface area contributed by atoms with Crippen LogP contribution < -0.4 is 19.6 Å². The number of unbranched alkanes of at least 4 members (excludes halogenated alkanes) is 12.